The summed E-state index contributed by atoms with van der Waals surface area (Å²) in [6, 6.07) is 1.84. The second-order valence-electron chi connectivity index (χ2n) is 3.58. The summed E-state index contributed by atoms with van der Waals surface area (Å²) < 4.78 is 0. The molecule has 0 saturated heterocycles. The summed E-state index contributed by atoms with van der Waals surface area (Å²) in [5, 5.41) is 0.323. The molecule has 0 fully saturated rings. The molecule has 0 spiro atoms. The molecule has 0 radical (unpaired) electrons. The predicted molar refractivity (Wildman–Crippen MR) is 54.7 cm³/mol. The molecular weight excluding hydrogens is 200 g/mol. The molecule has 0 bridgehead atoms. The molecular formula is C10H11ClN2O. The zero-order chi connectivity index (χ0) is 10.1. The van der Waals surface area contributed by atoms with Crippen molar-refractivity contribution in [1.29, 1.82) is 0 Å². The first-order chi connectivity index (χ1) is 6.70. The van der Waals surface area contributed by atoms with E-state index in [1.807, 2.05) is 6.07 Å². The molecule has 2 heterocycles. The minimum absolute atomic E-state index is 0.323. The van der Waals surface area contributed by atoms with Gasteiger partial charge < -0.3 is 4.90 Å². The van der Waals surface area contributed by atoms with Crippen LogP contribution in [0.4, 0.5) is 0 Å². The van der Waals surface area contributed by atoms with Crippen LogP contribution in [0.3, 0.4) is 0 Å². The lowest BCUT2D eigenvalue weighted by molar-refractivity contribution is 0.112. The van der Waals surface area contributed by atoms with Crippen molar-refractivity contribution in [3.8, 4) is 0 Å². The third-order valence-corrected chi connectivity index (χ3v) is 2.77. The van der Waals surface area contributed by atoms with Crippen LogP contribution in [0.1, 0.15) is 21.6 Å². The van der Waals surface area contributed by atoms with Gasteiger partial charge in [0.25, 0.3) is 0 Å². The highest BCUT2D eigenvalue weighted by atomic mass is 35.5. The number of nitrogens with zero attached hydrogens (tertiary/aromatic N) is 2. The monoisotopic (exact) mass is 210 g/mol. The molecule has 0 N–H and O–H groups in total. The van der Waals surface area contributed by atoms with E-state index >= 15 is 0 Å². The molecule has 0 aliphatic carbocycles. The van der Waals surface area contributed by atoms with E-state index in [1.165, 1.54) is 0 Å². The Morgan fingerprint density at radius 2 is 2.43 bits per heavy atom. The number of aromatic nitrogens is 1. The number of halogens is 1. The Balaban J connectivity index is 2.46. The SMILES string of the molecule is CN1CCc2nc(Cl)c(C=O)cc2C1. The highest BCUT2D eigenvalue weighted by Crippen LogP contribution is 2.21. The Morgan fingerprint density at radius 1 is 1.64 bits per heavy atom. The fourth-order valence-corrected chi connectivity index (χ4v) is 1.89. The van der Waals surface area contributed by atoms with Gasteiger partial charge in [0, 0.05) is 25.2 Å². The quantitative estimate of drug-likeness (QED) is 0.521. The standard InChI is InChI=1S/C10H11ClN2O/c1-13-3-2-9-7(5-13)4-8(6-14)10(11)12-9/h4,6H,2-3,5H2,1H3. The van der Waals surface area contributed by atoms with Crippen LogP contribution in [0.2, 0.25) is 5.15 Å². The van der Waals surface area contributed by atoms with Gasteiger partial charge in [0.2, 0.25) is 0 Å². The fourth-order valence-electron chi connectivity index (χ4n) is 1.69. The summed E-state index contributed by atoms with van der Waals surface area (Å²) in [7, 11) is 2.05. The normalized spacial score (nSPS) is 16.4. The molecule has 3 nitrogen and oxygen atoms in total. The molecule has 14 heavy (non-hydrogen) atoms. The van der Waals surface area contributed by atoms with E-state index in [2.05, 4.69) is 16.9 Å². The van der Waals surface area contributed by atoms with E-state index in [-0.39, 0.29) is 0 Å². The first-order valence-corrected chi connectivity index (χ1v) is 4.90. The number of likely N-dealkylation sites (N-methyl/N-ethyl adjacent to an activating group) is 1. The maximum Gasteiger partial charge on any atom is 0.153 e. The molecule has 4 heteroatoms. The van der Waals surface area contributed by atoms with Crippen molar-refractivity contribution in [2.24, 2.45) is 0 Å². The number of aldehydes is 1. The Morgan fingerprint density at radius 3 is 3.14 bits per heavy atom. The topological polar surface area (TPSA) is 33.2 Å². The van der Waals surface area contributed by atoms with Crippen LogP contribution in [0.15, 0.2) is 6.07 Å². The second-order valence-corrected chi connectivity index (χ2v) is 3.94. The molecule has 2 rings (SSSR count). The number of carbonyl (C=O) groups is 1. The van der Waals surface area contributed by atoms with Crippen LogP contribution in [0, 0.1) is 0 Å². The predicted octanol–water partition coefficient (Wildman–Crippen LogP) is 1.54. The number of pyridine rings is 1. The van der Waals surface area contributed by atoms with Crippen molar-refractivity contribution in [3.05, 3.63) is 28.0 Å². The average Bonchev–Trinajstić information content (AvgIpc) is 2.17. The minimum Gasteiger partial charge on any atom is -0.302 e. The van der Waals surface area contributed by atoms with E-state index in [9.17, 15) is 4.79 Å². The Bertz CT molecular complexity index is 379. The van der Waals surface area contributed by atoms with E-state index in [4.69, 9.17) is 11.6 Å². The van der Waals surface area contributed by atoms with Crippen LogP contribution >= 0.6 is 11.6 Å². The maximum atomic E-state index is 10.7. The number of hydrogen-bond donors (Lipinski definition) is 0. The van der Waals surface area contributed by atoms with Gasteiger partial charge in [0.05, 0.1) is 5.56 Å². The Hall–Kier alpha value is -0.930. The molecule has 0 aromatic carbocycles. The van der Waals surface area contributed by atoms with Gasteiger partial charge in [-0.1, -0.05) is 11.6 Å². The average molecular weight is 211 g/mol. The number of rotatable bonds is 1. The summed E-state index contributed by atoms with van der Waals surface area (Å²) in [5.74, 6) is 0. The zero-order valence-electron chi connectivity index (χ0n) is 7.96. The summed E-state index contributed by atoms with van der Waals surface area (Å²) >= 11 is 5.84. The van der Waals surface area contributed by atoms with Crippen LogP contribution in [-0.4, -0.2) is 29.8 Å². The number of fused-ring (bicyclic) bond motifs is 1. The van der Waals surface area contributed by atoms with Gasteiger partial charge in [-0.2, -0.15) is 0 Å². The van der Waals surface area contributed by atoms with Gasteiger partial charge in [-0.15, -0.1) is 0 Å². The van der Waals surface area contributed by atoms with E-state index in [1.54, 1.807) is 0 Å². The molecule has 1 aromatic rings. The summed E-state index contributed by atoms with van der Waals surface area (Å²) in [6.07, 6.45) is 1.66. The van der Waals surface area contributed by atoms with Crippen molar-refractivity contribution in [2.45, 2.75) is 13.0 Å². The first kappa shape index (κ1) is 9.62. The zero-order valence-corrected chi connectivity index (χ0v) is 8.71. The van der Waals surface area contributed by atoms with Gasteiger partial charge >= 0.3 is 0 Å². The van der Waals surface area contributed by atoms with E-state index in [0.717, 1.165) is 37.1 Å². The second kappa shape index (κ2) is 3.67. The number of hydrogen-bond acceptors (Lipinski definition) is 3. The van der Waals surface area contributed by atoms with Crippen molar-refractivity contribution < 1.29 is 4.79 Å². The maximum absolute atomic E-state index is 10.7. The lowest BCUT2D eigenvalue weighted by Crippen LogP contribution is -2.27. The third-order valence-electron chi connectivity index (χ3n) is 2.47. The molecule has 0 amide bonds. The van der Waals surface area contributed by atoms with E-state index < -0.39 is 0 Å². The highest BCUT2D eigenvalue weighted by Gasteiger charge is 2.16. The highest BCUT2D eigenvalue weighted by molar-refractivity contribution is 6.31. The van der Waals surface area contributed by atoms with Crippen LogP contribution in [-0.2, 0) is 13.0 Å². The van der Waals surface area contributed by atoms with Crippen LogP contribution in [0.25, 0.3) is 0 Å². The summed E-state index contributed by atoms with van der Waals surface area (Å²) in [6.45, 7) is 1.84. The molecule has 0 unspecified atom stereocenters. The van der Waals surface area contributed by atoms with Crippen molar-refractivity contribution in [1.82, 2.24) is 9.88 Å². The lowest BCUT2D eigenvalue weighted by Gasteiger charge is -2.24. The summed E-state index contributed by atoms with van der Waals surface area (Å²) in [4.78, 5) is 17.1. The largest absolute Gasteiger partial charge is 0.302 e. The molecule has 1 aromatic heterocycles. The van der Waals surface area contributed by atoms with Crippen LogP contribution in [0.5, 0.6) is 0 Å². The molecule has 0 atom stereocenters. The molecule has 1 aliphatic rings. The Kier molecular flexibility index (Phi) is 2.52. The third kappa shape index (κ3) is 1.65. The summed E-state index contributed by atoms with van der Waals surface area (Å²) in [5.41, 5.74) is 2.63. The fraction of sp³-hybridized carbons (Fsp3) is 0.400. The first-order valence-electron chi connectivity index (χ1n) is 4.52. The van der Waals surface area contributed by atoms with Gasteiger partial charge in [0.15, 0.2) is 6.29 Å². The molecule has 74 valence electrons. The van der Waals surface area contributed by atoms with E-state index in [0.29, 0.717) is 10.7 Å². The van der Waals surface area contributed by atoms with Gasteiger partial charge in [0.1, 0.15) is 5.15 Å². The number of carbonyl (C=O) groups excluding carboxylic acids is 1. The van der Waals surface area contributed by atoms with Crippen molar-refractivity contribution in [3.63, 3.8) is 0 Å². The minimum atomic E-state index is 0.323. The van der Waals surface area contributed by atoms with Gasteiger partial charge in [-0.05, 0) is 18.7 Å². The van der Waals surface area contributed by atoms with Crippen LogP contribution < -0.4 is 0 Å². The van der Waals surface area contributed by atoms with Gasteiger partial charge in [-0.3, -0.25) is 4.79 Å². The van der Waals surface area contributed by atoms with Gasteiger partial charge in [-0.25, -0.2) is 4.98 Å². The lowest BCUT2D eigenvalue weighted by atomic mass is 10.0. The molecule has 1 aliphatic heterocycles. The Labute approximate surface area is 87.7 Å². The smallest absolute Gasteiger partial charge is 0.153 e. The van der Waals surface area contributed by atoms with Crippen molar-refractivity contribution in [2.75, 3.05) is 13.6 Å². The molecule has 0 saturated carbocycles. The van der Waals surface area contributed by atoms with Crippen molar-refractivity contribution >= 4 is 17.9 Å².